The zero-order chi connectivity index (χ0) is 12.8. The van der Waals surface area contributed by atoms with E-state index in [0.717, 1.165) is 11.8 Å². The third kappa shape index (κ3) is 1.90. The highest BCUT2D eigenvalue weighted by molar-refractivity contribution is 5.81. The van der Waals surface area contributed by atoms with Gasteiger partial charge >= 0.3 is 5.97 Å². The molecule has 0 heterocycles. The molecular formula is C16H24O2. The maximum atomic E-state index is 11.3. The van der Waals surface area contributed by atoms with Crippen LogP contribution >= 0.6 is 0 Å². The first-order valence-electron chi connectivity index (χ1n) is 7.38. The number of ether oxygens (including phenoxy) is 1. The van der Waals surface area contributed by atoms with E-state index in [0.29, 0.717) is 17.4 Å². The molecule has 18 heavy (non-hydrogen) atoms. The fourth-order valence-corrected chi connectivity index (χ4v) is 5.52. The lowest BCUT2D eigenvalue weighted by Gasteiger charge is -2.62. The zero-order valence-electron chi connectivity index (χ0n) is 11.4. The Labute approximate surface area is 110 Å². The number of hydrogen-bond acceptors (Lipinski definition) is 2. The van der Waals surface area contributed by atoms with Crippen molar-refractivity contribution in [3.05, 3.63) is 12.7 Å². The molecule has 4 bridgehead atoms. The van der Waals surface area contributed by atoms with E-state index < -0.39 is 0 Å². The molecule has 2 heteroatoms. The van der Waals surface area contributed by atoms with Gasteiger partial charge in [-0.1, -0.05) is 19.9 Å². The van der Waals surface area contributed by atoms with E-state index in [9.17, 15) is 4.79 Å². The van der Waals surface area contributed by atoms with Gasteiger partial charge in [0.2, 0.25) is 0 Å². The minimum absolute atomic E-state index is 0.253. The Bertz CT molecular complexity index is 357. The molecule has 4 rings (SSSR count). The molecule has 2 unspecified atom stereocenters. The number of esters is 1. The Balaban J connectivity index is 1.76. The molecule has 0 aromatic carbocycles. The van der Waals surface area contributed by atoms with Crippen molar-refractivity contribution >= 4 is 5.97 Å². The fraction of sp³-hybridized carbons (Fsp3) is 0.812. The summed E-state index contributed by atoms with van der Waals surface area (Å²) in [4.78, 5) is 11.3. The largest absolute Gasteiger partial charge is 0.462 e. The molecule has 0 spiro atoms. The highest BCUT2D eigenvalue weighted by Gasteiger charge is 2.57. The summed E-state index contributed by atoms with van der Waals surface area (Å²) < 4.78 is 5.41. The van der Waals surface area contributed by atoms with Gasteiger partial charge in [-0.3, -0.25) is 0 Å². The molecule has 4 saturated carbocycles. The van der Waals surface area contributed by atoms with Crippen LogP contribution < -0.4 is 0 Å². The number of carbonyl (C=O) groups is 1. The molecule has 0 N–H and O–H groups in total. The topological polar surface area (TPSA) is 26.3 Å². The van der Waals surface area contributed by atoms with Crippen LogP contribution in [0.5, 0.6) is 0 Å². The molecule has 4 aliphatic carbocycles. The van der Waals surface area contributed by atoms with Gasteiger partial charge in [0, 0.05) is 11.5 Å². The van der Waals surface area contributed by atoms with Crippen LogP contribution in [0.2, 0.25) is 0 Å². The van der Waals surface area contributed by atoms with E-state index in [4.69, 9.17) is 4.74 Å². The molecule has 4 fully saturated rings. The lowest BCUT2D eigenvalue weighted by atomic mass is 9.44. The second-order valence-electron chi connectivity index (χ2n) is 7.13. The summed E-state index contributed by atoms with van der Waals surface area (Å²) in [6.45, 7) is 6.46. The van der Waals surface area contributed by atoms with Crippen molar-refractivity contribution < 1.29 is 9.53 Å². The molecule has 0 radical (unpaired) electrons. The smallest absolute Gasteiger partial charge is 0.330 e. The van der Waals surface area contributed by atoms with Crippen LogP contribution in [-0.4, -0.2) is 12.6 Å². The molecule has 2 nitrogen and oxygen atoms in total. The quantitative estimate of drug-likeness (QED) is 0.560. The minimum atomic E-state index is -0.253. The van der Waals surface area contributed by atoms with Crippen LogP contribution in [0.25, 0.3) is 0 Å². The summed E-state index contributed by atoms with van der Waals surface area (Å²) in [5.74, 6) is 1.54. The Morgan fingerprint density at radius 2 is 1.89 bits per heavy atom. The summed E-state index contributed by atoms with van der Waals surface area (Å²) in [5.41, 5.74) is 0.878. The van der Waals surface area contributed by atoms with Gasteiger partial charge in [0.25, 0.3) is 0 Å². The molecule has 0 aromatic rings. The number of rotatable bonds is 4. The summed E-state index contributed by atoms with van der Waals surface area (Å²) in [6, 6.07) is 0. The first-order chi connectivity index (χ1) is 8.59. The van der Waals surface area contributed by atoms with Gasteiger partial charge in [-0.2, -0.15) is 0 Å². The van der Waals surface area contributed by atoms with Crippen molar-refractivity contribution in [1.82, 2.24) is 0 Å². The van der Waals surface area contributed by atoms with Crippen LogP contribution in [0.4, 0.5) is 0 Å². The van der Waals surface area contributed by atoms with Gasteiger partial charge in [-0.15, -0.1) is 0 Å². The Hall–Kier alpha value is -0.790. The summed E-state index contributed by atoms with van der Waals surface area (Å²) in [5, 5.41) is 0. The SMILES string of the molecule is C=CC(=O)OCC12CC3CC(CC(CC)(C3)C1)C2. The highest BCUT2D eigenvalue weighted by atomic mass is 16.5. The standard InChI is InChI=1S/C16H24O2/c1-3-14(17)18-11-16-8-12-5-13(9-16)7-15(4-2,6-12)10-16/h3,12-13H,1,4-11H2,2H3. The van der Waals surface area contributed by atoms with Gasteiger partial charge in [0.15, 0.2) is 0 Å². The van der Waals surface area contributed by atoms with E-state index in [1.165, 1.54) is 51.0 Å². The van der Waals surface area contributed by atoms with Gasteiger partial charge in [0.1, 0.15) is 0 Å². The lowest BCUT2D eigenvalue weighted by Crippen LogP contribution is -2.53. The maximum Gasteiger partial charge on any atom is 0.330 e. The highest BCUT2D eigenvalue weighted by Crippen LogP contribution is 2.66. The van der Waals surface area contributed by atoms with Gasteiger partial charge in [-0.25, -0.2) is 4.79 Å². The van der Waals surface area contributed by atoms with Crippen LogP contribution in [0, 0.1) is 22.7 Å². The molecule has 0 saturated heterocycles. The monoisotopic (exact) mass is 248 g/mol. The molecule has 100 valence electrons. The zero-order valence-corrected chi connectivity index (χ0v) is 11.4. The maximum absolute atomic E-state index is 11.3. The first kappa shape index (κ1) is 12.3. The predicted molar refractivity (Wildman–Crippen MR) is 71.0 cm³/mol. The second kappa shape index (κ2) is 4.11. The Kier molecular flexibility index (Phi) is 2.80. The predicted octanol–water partition coefficient (Wildman–Crippen LogP) is 3.71. The molecule has 0 aliphatic heterocycles. The third-order valence-electron chi connectivity index (χ3n) is 5.74. The van der Waals surface area contributed by atoms with Crippen molar-refractivity contribution in [2.75, 3.05) is 6.61 Å². The van der Waals surface area contributed by atoms with Gasteiger partial charge in [-0.05, 0) is 55.8 Å². The van der Waals surface area contributed by atoms with E-state index >= 15 is 0 Å². The second-order valence-corrected chi connectivity index (χ2v) is 7.13. The molecule has 2 atom stereocenters. The van der Waals surface area contributed by atoms with Crippen molar-refractivity contribution in [3.8, 4) is 0 Å². The van der Waals surface area contributed by atoms with Crippen LogP contribution in [0.15, 0.2) is 12.7 Å². The van der Waals surface area contributed by atoms with Gasteiger partial charge in [0.05, 0.1) is 6.61 Å². The summed E-state index contributed by atoms with van der Waals surface area (Å²) >= 11 is 0. The average molecular weight is 248 g/mol. The lowest BCUT2D eigenvalue weighted by molar-refractivity contribution is -0.160. The van der Waals surface area contributed by atoms with Crippen molar-refractivity contribution in [3.63, 3.8) is 0 Å². The van der Waals surface area contributed by atoms with E-state index in [1.54, 1.807) is 0 Å². The van der Waals surface area contributed by atoms with Crippen LogP contribution in [0.1, 0.15) is 51.9 Å². The summed E-state index contributed by atoms with van der Waals surface area (Å²) in [7, 11) is 0. The van der Waals surface area contributed by atoms with Crippen LogP contribution in [0.3, 0.4) is 0 Å². The van der Waals surface area contributed by atoms with Crippen molar-refractivity contribution in [1.29, 1.82) is 0 Å². The molecular weight excluding hydrogens is 224 g/mol. The van der Waals surface area contributed by atoms with Crippen molar-refractivity contribution in [2.24, 2.45) is 22.7 Å². The van der Waals surface area contributed by atoms with E-state index in [2.05, 4.69) is 13.5 Å². The average Bonchev–Trinajstić information content (AvgIpc) is 2.34. The number of hydrogen-bond donors (Lipinski definition) is 0. The molecule has 4 aliphatic rings. The normalized spacial score (nSPS) is 44.9. The Morgan fingerprint density at radius 1 is 1.28 bits per heavy atom. The van der Waals surface area contributed by atoms with Crippen molar-refractivity contribution in [2.45, 2.75) is 51.9 Å². The first-order valence-corrected chi connectivity index (χ1v) is 7.38. The molecule has 0 amide bonds. The van der Waals surface area contributed by atoms with Crippen LogP contribution in [-0.2, 0) is 9.53 Å². The van der Waals surface area contributed by atoms with E-state index in [1.807, 2.05) is 0 Å². The molecule has 0 aromatic heterocycles. The Morgan fingerprint density at radius 3 is 2.44 bits per heavy atom. The third-order valence-corrected chi connectivity index (χ3v) is 5.74. The van der Waals surface area contributed by atoms with E-state index in [-0.39, 0.29) is 5.97 Å². The fourth-order valence-electron chi connectivity index (χ4n) is 5.52. The number of carbonyl (C=O) groups excluding carboxylic acids is 1. The summed E-state index contributed by atoms with van der Waals surface area (Å²) in [6.07, 6.45) is 10.7. The van der Waals surface area contributed by atoms with Gasteiger partial charge < -0.3 is 4.74 Å². The minimum Gasteiger partial charge on any atom is -0.462 e.